The Kier molecular flexibility index (Phi) is 3.77. The molecule has 0 radical (unpaired) electrons. The van der Waals surface area contributed by atoms with E-state index in [2.05, 4.69) is 15.3 Å². The highest BCUT2D eigenvalue weighted by atomic mass is 35.5. The Morgan fingerprint density at radius 1 is 1.39 bits per heavy atom. The van der Waals surface area contributed by atoms with Crippen molar-refractivity contribution in [3.63, 3.8) is 0 Å². The normalized spacial score (nSPS) is 12.4. The van der Waals surface area contributed by atoms with E-state index in [9.17, 15) is 4.79 Å². The van der Waals surface area contributed by atoms with E-state index in [1.165, 1.54) is 0 Å². The van der Waals surface area contributed by atoms with Gasteiger partial charge in [-0.25, -0.2) is 9.97 Å². The van der Waals surface area contributed by atoms with Crippen LogP contribution in [-0.4, -0.2) is 21.3 Å². The van der Waals surface area contributed by atoms with Crippen LogP contribution in [0, 0.1) is 6.92 Å². The fourth-order valence-corrected chi connectivity index (χ4v) is 1.76. The second-order valence-electron chi connectivity index (χ2n) is 4.08. The van der Waals surface area contributed by atoms with Crippen LogP contribution < -0.4 is 5.32 Å². The second kappa shape index (κ2) is 5.31. The molecule has 1 aromatic carbocycles. The average molecular weight is 264 g/mol. The summed E-state index contributed by atoms with van der Waals surface area (Å²) < 4.78 is 0. The van der Waals surface area contributed by atoms with Crippen molar-refractivity contribution < 1.29 is 4.79 Å². The molecular weight excluding hydrogens is 250 g/mol. The summed E-state index contributed by atoms with van der Waals surface area (Å²) in [6.07, 6.45) is 0. The molecule has 5 heteroatoms. The molecule has 18 heavy (non-hydrogen) atoms. The fraction of sp³-hybridized carbons (Fsp3) is 0.308. The van der Waals surface area contributed by atoms with Crippen LogP contribution >= 0.6 is 11.6 Å². The first-order valence-electron chi connectivity index (χ1n) is 5.72. The van der Waals surface area contributed by atoms with Gasteiger partial charge in [0.05, 0.1) is 12.1 Å². The SMILES string of the molecule is Cc1nc(CNC(=O)C(C)Cl)nc2ccccc12. The zero-order valence-corrected chi connectivity index (χ0v) is 11.0. The number of nitrogens with zero attached hydrogens (tertiary/aromatic N) is 2. The molecule has 0 spiro atoms. The minimum absolute atomic E-state index is 0.217. The van der Waals surface area contributed by atoms with Gasteiger partial charge in [0.1, 0.15) is 11.2 Å². The first-order valence-corrected chi connectivity index (χ1v) is 6.15. The molecular formula is C13H14ClN3O. The number of aryl methyl sites for hydroxylation is 1. The van der Waals surface area contributed by atoms with E-state index < -0.39 is 5.38 Å². The van der Waals surface area contributed by atoms with Gasteiger partial charge in [0.2, 0.25) is 5.91 Å². The Bertz CT molecular complexity index is 583. The molecule has 1 unspecified atom stereocenters. The molecule has 0 aliphatic heterocycles. The number of alkyl halides is 1. The van der Waals surface area contributed by atoms with Crippen LogP contribution in [0.25, 0.3) is 10.9 Å². The molecule has 1 atom stereocenters. The summed E-state index contributed by atoms with van der Waals surface area (Å²) in [5.41, 5.74) is 1.79. The minimum Gasteiger partial charge on any atom is -0.348 e. The Balaban J connectivity index is 2.22. The number of carbonyl (C=O) groups is 1. The molecule has 0 bridgehead atoms. The molecule has 0 saturated heterocycles. The number of carbonyl (C=O) groups excluding carboxylic acids is 1. The molecule has 0 fully saturated rings. The molecule has 1 aromatic heterocycles. The summed E-state index contributed by atoms with van der Waals surface area (Å²) >= 11 is 5.67. The largest absolute Gasteiger partial charge is 0.348 e. The van der Waals surface area contributed by atoms with Gasteiger partial charge in [-0.05, 0) is 19.9 Å². The van der Waals surface area contributed by atoms with Gasteiger partial charge < -0.3 is 5.32 Å². The van der Waals surface area contributed by atoms with Crippen molar-refractivity contribution in [3.05, 3.63) is 35.8 Å². The van der Waals surface area contributed by atoms with E-state index in [-0.39, 0.29) is 5.91 Å². The molecule has 0 saturated carbocycles. The van der Waals surface area contributed by atoms with Gasteiger partial charge in [-0.3, -0.25) is 4.79 Å². The highest BCUT2D eigenvalue weighted by Gasteiger charge is 2.10. The number of nitrogens with one attached hydrogen (secondary N) is 1. The van der Waals surface area contributed by atoms with Crippen molar-refractivity contribution in [1.82, 2.24) is 15.3 Å². The molecule has 0 aliphatic carbocycles. The van der Waals surface area contributed by atoms with Crippen LogP contribution in [0.3, 0.4) is 0 Å². The molecule has 94 valence electrons. The summed E-state index contributed by atoms with van der Waals surface area (Å²) in [6.45, 7) is 3.85. The molecule has 1 N–H and O–H groups in total. The smallest absolute Gasteiger partial charge is 0.238 e. The predicted molar refractivity (Wildman–Crippen MR) is 71.4 cm³/mol. The lowest BCUT2D eigenvalue weighted by Gasteiger charge is -2.07. The van der Waals surface area contributed by atoms with E-state index >= 15 is 0 Å². The van der Waals surface area contributed by atoms with Crippen molar-refractivity contribution in [2.24, 2.45) is 0 Å². The van der Waals surface area contributed by atoms with Gasteiger partial charge in [-0.2, -0.15) is 0 Å². The number of amides is 1. The van der Waals surface area contributed by atoms with Crippen molar-refractivity contribution in [2.75, 3.05) is 0 Å². The lowest BCUT2D eigenvalue weighted by molar-refractivity contribution is -0.120. The minimum atomic E-state index is -0.549. The van der Waals surface area contributed by atoms with E-state index in [4.69, 9.17) is 11.6 Å². The second-order valence-corrected chi connectivity index (χ2v) is 4.73. The molecule has 2 rings (SSSR count). The van der Waals surface area contributed by atoms with Crippen molar-refractivity contribution in [3.8, 4) is 0 Å². The first-order chi connectivity index (χ1) is 8.58. The number of rotatable bonds is 3. The molecule has 0 aliphatic rings. The zero-order valence-electron chi connectivity index (χ0n) is 10.3. The van der Waals surface area contributed by atoms with E-state index in [1.807, 2.05) is 31.2 Å². The standard InChI is InChI=1S/C13H14ClN3O/c1-8(14)13(18)15-7-12-16-9(2)10-5-3-4-6-11(10)17-12/h3-6,8H,7H2,1-2H3,(H,15,18). The number of aromatic nitrogens is 2. The van der Waals surface area contributed by atoms with E-state index in [0.717, 1.165) is 16.6 Å². The van der Waals surface area contributed by atoms with E-state index in [0.29, 0.717) is 12.4 Å². The number of hydrogen-bond acceptors (Lipinski definition) is 3. The Morgan fingerprint density at radius 3 is 2.83 bits per heavy atom. The number of benzene rings is 1. The first kappa shape index (κ1) is 12.8. The zero-order chi connectivity index (χ0) is 13.1. The van der Waals surface area contributed by atoms with Gasteiger partial charge in [0.25, 0.3) is 0 Å². The average Bonchev–Trinajstić information content (AvgIpc) is 2.36. The molecule has 4 nitrogen and oxygen atoms in total. The van der Waals surface area contributed by atoms with Crippen LogP contribution in [0.15, 0.2) is 24.3 Å². The van der Waals surface area contributed by atoms with Gasteiger partial charge in [0.15, 0.2) is 0 Å². The topological polar surface area (TPSA) is 54.9 Å². The van der Waals surface area contributed by atoms with Crippen LogP contribution in [-0.2, 0) is 11.3 Å². The number of para-hydroxylation sites is 1. The van der Waals surface area contributed by atoms with Crippen LogP contribution in [0.1, 0.15) is 18.4 Å². The highest BCUT2D eigenvalue weighted by Crippen LogP contribution is 2.14. The van der Waals surface area contributed by atoms with E-state index in [1.54, 1.807) is 6.92 Å². The predicted octanol–water partition coefficient (Wildman–Crippen LogP) is 2.18. The van der Waals surface area contributed by atoms with Gasteiger partial charge in [-0.15, -0.1) is 11.6 Å². The maximum atomic E-state index is 11.4. The lowest BCUT2D eigenvalue weighted by atomic mass is 10.2. The molecule has 1 heterocycles. The maximum Gasteiger partial charge on any atom is 0.238 e. The summed E-state index contributed by atoms with van der Waals surface area (Å²) in [5, 5.41) is 3.17. The molecule has 2 aromatic rings. The van der Waals surface area contributed by atoms with Gasteiger partial charge in [0, 0.05) is 11.1 Å². The summed E-state index contributed by atoms with van der Waals surface area (Å²) in [6, 6.07) is 7.79. The van der Waals surface area contributed by atoms with Crippen molar-refractivity contribution in [2.45, 2.75) is 25.8 Å². The third-order valence-corrected chi connectivity index (χ3v) is 2.82. The monoisotopic (exact) mass is 263 g/mol. The van der Waals surface area contributed by atoms with Crippen LogP contribution in [0.2, 0.25) is 0 Å². The number of fused-ring (bicyclic) bond motifs is 1. The number of hydrogen-bond donors (Lipinski definition) is 1. The molecule has 1 amide bonds. The fourth-order valence-electron chi connectivity index (χ4n) is 1.68. The summed E-state index contributed by atoms with van der Waals surface area (Å²) in [5.74, 6) is 0.378. The Hall–Kier alpha value is -1.68. The van der Waals surface area contributed by atoms with Crippen LogP contribution in [0.4, 0.5) is 0 Å². The maximum absolute atomic E-state index is 11.4. The highest BCUT2D eigenvalue weighted by molar-refractivity contribution is 6.30. The summed E-state index contributed by atoms with van der Waals surface area (Å²) in [7, 11) is 0. The quantitative estimate of drug-likeness (QED) is 0.864. The van der Waals surface area contributed by atoms with Gasteiger partial charge in [-0.1, -0.05) is 18.2 Å². The van der Waals surface area contributed by atoms with Crippen LogP contribution in [0.5, 0.6) is 0 Å². The van der Waals surface area contributed by atoms with Crippen molar-refractivity contribution in [1.29, 1.82) is 0 Å². The third-order valence-electron chi connectivity index (χ3n) is 2.62. The van der Waals surface area contributed by atoms with Crippen molar-refractivity contribution >= 4 is 28.4 Å². The lowest BCUT2D eigenvalue weighted by Crippen LogP contribution is -2.29. The number of halogens is 1. The Morgan fingerprint density at radius 2 is 2.11 bits per heavy atom. The third kappa shape index (κ3) is 2.76. The Labute approximate surface area is 110 Å². The van der Waals surface area contributed by atoms with Gasteiger partial charge >= 0.3 is 0 Å². The summed E-state index contributed by atoms with van der Waals surface area (Å²) in [4.78, 5) is 20.1.